The molecule has 0 aromatic carbocycles. The molecular formula is C26H30ClN7O3S. The van der Waals surface area contributed by atoms with Crippen molar-refractivity contribution in [2.45, 2.75) is 44.3 Å². The van der Waals surface area contributed by atoms with E-state index in [-0.39, 0.29) is 35.4 Å². The Morgan fingerprint density at radius 1 is 1.08 bits per heavy atom. The normalized spacial score (nSPS) is 21.5. The molecule has 3 amide bonds. The predicted molar refractivity (Wildman–Crippen MR) is 145 cm³/mol. The summed E-state index contributed by atoms with van der Waals surface area (Å²) < 4.78 is 0. The van der Waals surface area contributed by atoms with Gasteiger partial charge in [0.05, 0.1) is 22.3 Å². The molecule has 0 unspecified atom stereocenters. The van der Waals surface area contributed by atoms with Crippen LogP contribution < -0.4 is 10.6 Å². The van der Waals surface area contributed by atoms with E-state index in [1.807, 2.05) is 0 Å². The Morgan fingerprint density at radius 3 is 2.66 bits per heavy atom. The van der Waals surface area contributed by atoms with Crippen LogP contribution >= 0.6 is 22.9 Å². The molecule has 12 heteroatoms. The average Bonchev–Trinajstić information content (AvgIpc) is 3.32. The van der Waals surface area contributed by atoms with Gasteiger partial charge in [-0.3, -0.25) is 24.4 Å². The third-order valence-corrected chi connectivity index (χ3v) is 8.44. The molecule has 5 rings (SSSR count). The molecule has 1 aliphatic carbocycles. The number of likely N-dealkylation sites (N-methyl/N-ethyl adjacent to an activating group) is 1. The smallest absolute Gasteiger partial charge is 0.280 e. The van der Waals surface area contributed by atoms with Crippen LogP contribution in [0.2, 0.25) is 5.02 Å². The Labute approximate surface area is 229 Å². The summed E-state index contributed by atoms with van der Waals surface area (Å²) in [6.07, 6.45) is 5.48. The van der Waals surface area contributed by atoms with Gasteiger partial charge in [-0.1, -0.05) is 11.6 Å². The molecule has 1 fully saturated rings. The number of rotatable bonds is 5. The molecule has 3 aromatic rings. The van der Waals surface area contributed by atoms with Gasteiger partial charge in [0.1, 0.15) is 5.69 Å². The molecule has 2 N–H and O–H groups in total. The largest absolute Gasteiger partial charge is 0.349 e. The van der Waals surface area contributed by atoms with Crippen LogP contribution in [0.4, 0.5) is 0 Å². The van der Waals surface area contributed by atoms with E-state index in [1.54, 1.807) is 37.3 Å². The van der Waals surface area contributed by atoms with Gasteiger partial charge in [-0.05, 0) is 38.4 Å². The number of carbonyl (C=O) groups excluding carboxylic acids is 3. The molecule has 1 saturated carbocycles. The van der Waals surface area contributed by atoms with Crippen LogP contribution in [0.1, 0.15) is 50.1 Å². The van der Waals surface area contributed by atoms with Crippen molar-refractivity contribution < 1.29 is 14.4 Å². The Hall–Kier alpha value is -3.15. The highest BCUT2D eigenvalue weighted by Gasteiger charge is 2.37. The second-order valence-corrected chi connectivity index (χ2v) is 11.7. The summed E-state index contributed by atoms with van der Waals surface area (Å²) in [5.41, 5.74) is 1.81. The van der Waals surface area contributed by atoms with Crippen molar-refractivity contribution in [1.82, 2.24) is 35.4 Å². The highest BCUT2D eigenvalue weighted by atomic mass is 35.5. The summed E-state index contributed by atoms with van der Waals surface area (Å²) >= 11 is 7.41. The van der Waals surface area contributed by atoms with Crippen molar-refractivity contribution in [3.63, 3.8) is 0 Å². The number of amides is 3. The lowest BCUT2D eigenvalue weighted by Crippen LogP contribution is -2.56. The van der Waals surface area contributed by atoms with Crippen molar-refractivity contribution in [1.29, 1.82) is 0 Å². The topological polar surface area (TPSA) is 120 Å². The van der Waals surface area contributed by atoms with Crippen molar-refractivity contribution >= 4 is 51.6 Å². The summed E-state index contributed by atoms with van der Waals surface area (Å²) in [5, 5.41) is 7.77. The van der Waals surface area contributed by atoms with Crippen molar-refractivity contribution in [2.24, 2.45) is 5.92 Å². The SMILES string of the molecule is CN1CCc2nc(C(=O)N[C@H]3C[C@@H](C(=O)N(C)C)CC[C@@H]3NC(=O)c3cc4ncc(Cl)cc4cn3)sc2C1. The van der Waals surface area contributed by atoms with Gasteiger partial charge < -0.3 is 20.4 Å². The molecular weight excluding hydrogens is 526 g/mol. The molecule has 3 atom stereocenters. The number of aromatic nitrogens is 3. The molecule has 0 saturated heterocycles. The Morgan fingerprint density at radius 2 is 1.87 bits per heavy atom. The summed E-state index contributed by atoms with van der Waals surface area (Å²) in [4.78, 5) is 57.3. The van der Waals surface area contributed by atoms with Crippen LogP contribution in [0.3, 0.4) is 0 Å². The molecule has 1 aliphatic heterocycles. The van der Waals surface area contributed by atoms with E-state index < -0.39 is 6.04 Å². The first-order valence-electron chi connectivity index (χ1n) is 12.6. The van der Waals surface area contributed by atoms with Gasteiger partial charge in [-0.15, -0.1) is 11.3 Å². The maximum absolute atomic E-state index is 13.3. The van der Waals surface area contributed by atoms with E-state index >= 15 is 0 Å². The first-order valence-corrected chi connectivity index (χ1v) is 13.8. The van der Waals surface area contributed by atoms with Crippen molar-refractivity contribution in [3.8, 4) is 0 Å². The lowest BCUT2D eigenvalue weighted by atomic mass is 9.81. The molecule has 0 bridgehead atoms. The third kappa shape index (κ3) is 5.64. The lowest BCUT2D eigenvalue weighted by Gasteiger charge is -2.37. The lowest BCUT2D eigenvalue weighted by molar-refractivity contribution is -0.134. The first-order chi connectivity index (χ1) is 18.2. The van der Waals surface area contributed by atoms with Crippen LogP contribution in [0.5, 0.6) is 0 Å². The minimum Gasteiger partial charge on any atom is -0.349 e. The summed E-state index contributed by atoms with van der Waals surface area (Å²) in [5.74, 6) is -0.866. The zero-order valence-corrected chi connectivity index (χ0v) is 23.1. The van der Waals surface area contributed by atoms with E-state index in [4.69, 9.17) is 11.6 Å². The predicted octanol–water partition coefficient (Wildman–Crippen LogP) is 2.51. The van der Waals surface area contributed by atoms with Gasteiger partial charge in [-0.25, -0.2) is 4.98 Å². The van der Waals surface area contributed by atoms with Crippen LogP contribution in [0.15, 0.2) is 24.5 Å². The minimum absolute atomic E-state index is 0.0164. The van der Waals surface area contributed by atoms with E-state index in [0.717, 1.165) is 35.5 Å². The van der Waals surface area contributed by atoms with E-state index in [2.05, 4.69) is 37.5 Å². The Kier molecular flexibility index (Phi) is 7.60. The maximum Gasteiger partial charge on any atom is 0.280 e. The average molecular weight is 556 g/mol. The van der Waals surface area contributed by atoms with E-state index in [0.29, 0.717) is 34.8 Å². The van der Waals surface area contributed by atoms with Gasteiger partial charge >= 0.3 is 0 Å². The number of pyridine rings is 2. The van der Waals surface area contributed by atoms with Crippen molar-refractivity contribution in [2.75, 3.05) is 27.7 Å². The van der Waals surface area contributed by atoms with Gasteiger partial charge in [0, 0.05) is 68.2 Å². The zero-order valence-electron chi connectivity index (χ0n) is 21.5. The number of hydrogen-bond donors (Lipinski definition) is 2. The Bertz CT molecular complexity index is 1390. The summed E-state index contributed by atoms with van der Waals surface area (Å²) in [7, 11) is 5.51. The van der Waals surface area contributed by atoms with Gasteiger partial charge in [0.2, 0.25) is 5.91 Å². The van der Waals surface area contributed by atoms with Crippen LogP contribution in [-0.2, 0) is 17.8 Å². The van der Waals surface area contributed by atoms with Crippen molar-refractivity contribution in [3.05, 3.63) is 50.8 Å². The van der Waals surface area contributed by atoms with Crippen LogP contribution in [0, 0.1) is 5.92 Å². The number of halogens is 1. The molecule has 4 heterocycles. The fourth-order valence-corrected chi connectivity index (χ4v) is 6.36. The number of nitrogens with one attached hydrogen (secondary N) is 2. The number of nitrogens with zero attached hydrogens (tertiary/aromatic N) is 5. The molecule has 2 aliphatic rings. The van der Waals surface area contributed by atoms with Gasteiger partial charge in [0.15, 0.2) is 5.01 Å². The van der Waals surface area contributed by atoms with Crippen LogP contribution in [0.25, 0.3) is 10.9 Å². The highest BCUT2D eigenvalue weighted by Crippen LogP contribution is 2.28. The fourth-order valence-electron chi connectivity index (χ4n) is 5.10. The van der Waals surface area contributed by atoms with E-state index in [9.17, 15) is 14.4 Å². The minimum atomic E-state index is -0.435. The fraction of sp³-hybridized carbons (Fsp3) is 0.462. The number of carbonyl (C=O) groups is 3. The standard InChI is InChI=1S/C26H30ClN7O3S/c1-33(2)26(37)14-4-5-17(30-23(35)21-10-19-15(11-28-21)8-16(27)12-29-19)20(9-14)31-24(36)25-32-18-6-7-34(3)13-22(18)38-25/h8,10-12,14,17,20H,4-7,9,13H2,1-3H3,(H,30,35)(H,31,36)/t14-,17-,20-/m0/s1. The molecule has 10 nitrogen and oxygen atoms in total. The Balaban J connectivity index is 1.34. The number of fused-ring (bicyclic) bond motifs is 2. The van der Waals surface area contributed by atoms with Gasteiger partial charge in [0.25, 0.3) is 11.8 Å². The molecule has 0 radical (unpaired) electrons. The second-order valence-electron chi connectivity index (χ2n) is 10.2. The monoisotopic (exact) mass is 555 g/mol. The number of thiazole rings is 1. The van der Waals surface area contributed by atoms with E-state index in [1.165, 1.54) is 17.5 Å². The van der Waals surface area contributed by atoms with Gasteiger partial charge in [-0.2, -0.15) is 0 Å². The highest BCUT2D eigenvalue weighted by molar-refractivity contribution is 7.13. The first kappa shape index (κ1) is 26.5. The molecule has 0 spiro atoms. The maximum atomic E-state index is 13.3. The molecule has 38 heavy (non-hydrogen) atoms. The van der Waals surface area contributed by atoms with Crippen LogP contribution in [-0.4, -0.2) is 82.2 Å². The second kappa shape index (κ2) is 10.9. The number of hydrogen-bond acceptors (Lipinski definition) is 8. The zero-order chi connectivity index (χ0) is 27.0. The summed E-state index contributed by atoms with van der Waals surface area (Å²) in [6, 6.07) is 2.55. The third-order valence-electron chi connectivity index (χ3n) is 7.15. The quantitative estimate of drug-likeness (QED) is 0.496. The molecule has 3 aromatic heterocycles. The summed E-state index contributed by atoms with van der Waals surface area (Å²) in [6.45, 7) is 1.69. The molecule has 200 valence electrons.